The quantitative estimate of drug-likeness (QED) is 0.899. The molecule has 18 heavy (non-hydrogen) atoms. The molecule has 3 rings (SSSR count). The number of thioether (sulfide) groups is 1. The second kappa shape index (κ2) is 5.42. The Morgan fingerprint density at radius 1 is 1.56 bits per heavy atom. The van der Waals surface area contributed by atoms with E-state index in [2.05, 4.69) is 15.3 Å². The van der Waals surface area contributed by atoms with Crippen molar-refractivity contribution in [2.45, 2.75) is 24.6 Å². The van der Waals surface area contributed by atoms with E-state index in [1.165, 1.54) is 29.9 Å². The fourth-order valence-electron chi connectivity index (χ4n) is 2.16. The third kappa shape index (κ3) is 2.60. The Balaban J connectivity index is 1.65. The first-order valence-electron chi connectivity index (χ1n) is 6.11. The molecule has 1 aliphatic rings. The zero-order valence-electron chi connectivity index (χ0n) is 9.94. The maximum atomic E-state index is 11.8. The average Bonchev–Trinajstić information content (AvgIpc) is 2.99. The predicted octanol–water partition coefficient (Wildman–Crippen LogP) is 1.97. The molecule has 6 heteroatoms. The zero-order chi connectivity index (χ0) is 12.4. The Hall–Kier alpha value is -0.850. The standard InChI is InChI=1S/C12H15N3OS2/c16-12-11-9(3-5-18-11)14-10(15-12)7-13-6-8-2-1-4-17-8/h3,5,8,13H,1-2,4,6-7H2,(H,14,15,16). The van der Waals surface area contributed by atoms with Gasteiger partial charge in [-0.15, -0.1) is 11.3 Å². The van der Waals surface area contributed by atoms with Crippen molar-refractivity contribution in [3.8, 4) is 0 Å². The van der Waals surface area contributed by atoms with Crippen molar-refractivity contribution >= 4 is 33.3 Å². The smallest absolute Gasteiger partial charge is 0.268 e. The summed E-state index contributed by atoms with van der Waals surface area (Å²) >= 11 is 3.47. The van der Waals surface area contributed by atoms with Gasteiger partial charge < -0.3 is 10.3 Å². The van der Waals surface area contributed by atoms with Crippen LogP contribution in [0.25, 0.3) is 10.2 Å². The molecule has 96 valence electrons. The second-order valence-electron chi connectivity index (χ2n) is 4.41. The van der Waals surface area contributed by atoms with Crippen LogP contribution in [0.1, 0.15) is 18.7 Å². The molecule has 3 heterocycles. The fraction of sp³-hybridized carbons (Fsp3) is 0.500. The molecular weight excluding hydrogens is 266 g/mol. The summed E-state index contributed by atoms with van der Waals surface area (Å²) in [6.45, 7) is 1.63. The maximum absolute atomic E-state index is 11.8. The Morgan fingerprint density at radius 2 is 2.50 bits per heavy atom. The summed E-state index contributed by atoms with van der Waals surface area (Å²) in [5.41, 5.74) is 0.776. The molecule has 0 aromatic carbocycles. The minimum atomic E-state index is -0.0259. The summed E-state index contributed by atoms with van der Waals surface area (Å²) in [5.74, 6) is 2.01. The number of fused-ring (bicyclic) bond motifs is 1. The van der Waals surface area contributed by atoms with E-state index in [1.807, 2.05) is 23.2 Å². The van der Waals surface area contributed by atoms with Crippen molar-refractivity contribution in [2.75, 3.05) is 12.3 Å². The van der Waals surface area contributed by atoms with Crippen LogP contribution in [0.3, 0.4) is 0 Å². The first-order chi connectivity index (χ1) is 8.83. The second-order valence-corrected chi connectivity index (χ2v) is 6.74. The van der Waals surface area contributed by atoms with Crippen molar-refractivity contribution in [3.05, 3.63) is 27.6 Å². The van der Waals surface area contributed by atoms with Gasteiger partial charge in [0.05, 0.1) is 12.1 Å². The zero-order valence-corrected chi connectivity index (χ0v) is 11.6. The van der Waals surface area contributed by atoms with Crippen LogP contribution in [0, 0.1) is 0 Å². The molecule has 1 saturated heterocycles. The van der Waals surface area contributed by atoms with E-state index in [0.717, 1.165) is 23.1 Å². The van der Waals surface area contributed by atoms with Gasteiger partial charge >= 0.3 is 0 Å². The highest BCUT2D eigenvalue weighted by atomic mass is 32.2. The lowest BCUT2D eigenvalue weighted by molar-refractivity contribution is 0.628. The van der Waals surface area contributed by atoms with E-state index in [9.17, 15) is 4.79 Å². The van der Waals surface area contributed by atoms with Crippen molar-refractivity contribution in [2.24, 2.45) is 0 Å². The number of thiophene rings is 1. The van der Waals surface area contributed by atoms with Crippen LogP contribution in [0.2, 0.25) is 0 Å². The predicted molar refractivity (Wildman–Crippen MR) is 77.4 cm³/mol. The number of hydrogen-bond acceptors (Lipinski definition) is 5. The molecule has 0 amide bonds. The van der Waals surface area contributed by atoms with Crippen LogP contribution < -0.4 is 10.9 Å². The molecule has 1 atom stereocenters. The van der Waals surface area contributed by atoms with Crippen LogP contribution in [0.4, 0.5) is 0 Å². The highest BCUT2D eigenvalue weighted by Gasteiger charge is 2.14. The van der Waals surface area contributed by atoms with Gasteiger partial charge in [-0.3, -0.25) is 4.79 Å². The fourth-order valence-corrected chi connectivity index (χ4v) is 4.12. The lowest BCUT2D eigenvalue weighted by Crippen LogP contribution is -2.25. The van der Waals surface area contributed by atoms with Gasteiger partial charge in [0, 0.05) is 11.8 Å². The molecule has 4 nitrogen and oxygen atoms in total. The highest BCUT2D eigenvalue weighted by Crippen LogP contribution is 2.25. The van der Waals surface area contributed by atoms with Crippen molar-refractivity contribution < 1.29 is 0 Å². The third-order valence-electron chi connectivity index (χ3n) is 3.05. The van der Waals surface area contributed by atoms with Gasteiger partial charge in [-0.25, -0.2) is 4.98 Å². The van der Waals surface area contributed by atoms with Crippen LogP contribution in [0.15, 0.2) is 16.2 Å². The van der Waals surface area contributed by atoms with E-state index in [0.29, 0.717) is 11.2 Å². The Bertz CT molecular complexity index is 586. The van der Waals surface area contributed by atoms with Gasteiger partial charge in [0.15, 0.2) is 0 Å². The van der Waals surface area contributed by atoms with Gasteiger partial charge in [-0.1, -0.05) is 0 Å². The van der Waals surface area contributed by atoms with E-state index in [1.54, 1.807) is 0 Å². The normalized spacial score (nSPS) is 19.7. The molecule has 1 aliphatic heterocycles. The van der Waals surface area contributed by atoms with E-state index >= 15 is 0 Å². The highest BCUT2D eigenvalue weighted by molar-refractivity contribution is 8.00. The summed E-state index contributed by atoms with van der Waals surface area (Å²) < 4.78 is 0.713. The molecule has 0 aliphatic carbocycles. The van der Waals surface area contributed by atoms with Gasteiger partial charge in [-0.05, 0) is 30.0 Å². The minimum Gasteiger partial charge on any atom is -0.309 e. The van der Waals surface area contributed by atoms with Gasteiger partial charge in [-0.2, -0.15) is 11.8 Å². The Labute approximate surface area is 113 Å². The monoisotopic (exact) mass is 281 g/mol. The van der Waals surface area contributed by atoms with Crippen molar-refractivity contribution in [1.29, 1.82) is 0 Å². The summed E-state index contributed by atoms with van der Waals surface area (Å²) in [6, 6.07) is 1.89. The molecule has 1 unspecified atom stereocenters. The number of aromatic nitrogens is 2. The Morgan fingerprint density at radius 3 is 3.33 bits per heavy atom. The summed E-state index contributed by atoms with van der Waals surface area (Å²) in [4.78, 5) is 19.0. The maximum Gasteiger partial charge on any atom is 0.268 e. The van der Waals surface area contributed by atoms with E-state index in [4.69, 9.17) is 0 Å². The number of aromatic amines is 1. The Kier molecular flexibility index (Phi) is 3.67. The van der Waals surface area contributed by atoms with Gasteiger partial charge in [0.1, 0.15) is 10.5 Å². The molecule has 0 spiro atoms. The molecule has 0 radical (unpaired) electrons. The van der Waals surface area contributed by atoms with Crippen LogP contribution >= 0.6 is 23.1 Å². The molecule has 2 N–H and O–H groups in total. The molecule has 0 saturated carbocycles. The minimum absolute atomic E-state index is 0.0259. The average molecular weight is 281 g/mol. The largest absolute Gasteiger partial charge is 0.309 e. The van der Waals surface area contributed by atoms with Crippen LogP contribution in [-0.2, 0) is 6.54 Å². The van der Waals surface area contributed by atoms with Crippen molar-refractivity contribution in [3.63, 3.8) is 0 Å². The lowest BCUT2D eigenvalue weighted by Gasteiger charge is -2.09. The van der Waals surface area contributed by atoms with E-state index in [-0.39, 0.29) is 5.56 Å². The summed E-state index contributed by atoms with van der Waals surface area (Å²) in [7, 11) is 0. The topological polar surface area (TPSA) is 57.8 Å². The number of nitrogens with one attached hydrogen (secondary N) is 2. The number of hydrogen-bond donors (Lipinski definition) is 2. The third-order valence-corrected chi connectivity index (χ3v) is 5.35. The molecule has 0 bridgehead atoms. The molecule has 1 fully saturated rings. The SMILES string of the molecule is O=c1[nH]c(CNCC2CCCS2)nc2ccsc12. The molecule has 2 aromatic heterocycles. The lowest BCUT2D eigenvalue weighted by atomic mass is 10.2. The first kappa shape index (κ1) is 12.2. The van der Waals surface area contributed by atoms with E-state index < -0.39 is 0 Å². The van der Waals surface area contributed by atoms with Crippen LogP contribution in [0.5, 0.6) is 0 Å². The molecular formula is C12H15N3OS2. The first-order valence-corrected chi connectivity index (χ1v) is 8.04. The summed E-state index contributed by atoms with van der Waals surface area (Å²) in [6.07, 6.45) is 2.62. The van der Waals surface area contributed by atoms with Gasteiger partial charge in [0.2, 0.25) is 0 Å². The summed E-state index contributed by atoms with van der Waals surface area (Å²) in [5, 5.41) is 6.00. The van der Waals surface area contributed by atoms with Crippen LogP contribution in [-0.4, -0.2) is 27.5 Å². The number of H-pyrrole nitrogens is 1. The number of nitrogens with zero attached hydrogens (tertiary/aromatic N) is 1. The number of rotatable bonds is 4. The van der Waals surface area contributed by atoms with Crippen molar-refractivity contribution in [1.82, 2.24) is 15.3 Å². The van der Waals surface area contributed by atoms with Gasteiger partial charge in [0.25, 0.3) is 5.56 Å². The molecule has 2 aromatic rings.